The van der Waals surface area contributed by atoms with Crippen molar-refractivity contribution < 1.29 is 49.1 Å². The Morgan fingerprint density at radius 3 is 2.23 bits per heavy atom. The van der Waals surface area contributed by atoms with Crippen LogP contribution in [0, 0.1) is 5.92 Å². The van der Waals surface area contributed by atoms with Crippen molar-refractivity contribution in [2.24, 2.45) is 17.4 Å². The van der Waals surface area contributed by atoms with Gasteiger partial charge in [0.2, 0.25) is 17.7 Å². The van der Waals surface area contributed by atoms with Gasteiger partial charge in [0.05, 0.1) is 18.8 Å². The van der Waals surface area contributed by atoms with Gasteiger partial charge in [0.15, 0.2) is 6.29 Å². The van der Waals surface area contributed by atoms with Gasteiger partial charge >= 0.3 is 5.97 Å². The Morgan fingerprint density at radius 1 is 1.17 bits per heavy atom. The molecule has 14 heteroatoms. The number of carbonyl (C=O) groups is 4. The predicted molar refractivity (Wildman–Crippen MR) is 120 cm³/mol. The number of carboxylic acid groups (broad SMARTS) is 1. The zero-order valence-electron chi connectivity index (χ0n) is 20.4. The van der Waals surface area contributed by atoms with E-state index in [1.54, 1.807) is 13.8 Å². The first kappa shape index (κ1) is 30.7. The quantitative estimate of drug-likeness (QED) is 0.132. The van der Waals surface area contributed by atoms with Crippen LogP contribution in [0.15, 0.2) is 0 Å². The smallest absolute Gasteiger partial charge is 0.326 e. The van der Waals surface area contributed by atoms with Crippen LogP contribution in [0.2, 0.25) is 0 Å². The molecule has 1 aliphatic rings. The summed E-state index contributed by atoms with van der Waals surface area (Å²) in [5.74, 6) is -3.68. The molecule has 0 bridgehead atoms. The lowest BCUT2D eigenvalue weighted by atomic mass is 9.96. The third kappa shape index (κ3) is 8.66. The maximum absolute atomic E-state index is 13.1. The molecular formula is C21H38N4O10. The Bertz CT molecular complexity index is 752. The molecule has 1 rings (SSSR count). The normalized spacial score (nSPS) is 27.1. The Kier molecular flexibility index (Phi) is 12.0. The van der Waals surface area contributed by atoms with Gasteiger partial charge in [-0.25, -0.2) is 4.79 Å². The second-order valence-corrected chi connectivity index (χ2v) is 9.00. The maximum atomic E-state index is 13.1. The van der Waals surface area contributed by atoms with Crippen LogP contribution < -0.4 is 16.8 Å². The number of ether oxygens (including phenoxy) is 2. The minimum atomic E-state index is -1.62. The lowest BCUT2D eigenvalue weighted by Crippen LogP contribution is -2.65. The van der Waals surface area contributed by atoms with Crippen LogP contribution in [0.1, 0.15) is 40.5 Å². The fraction of sp³-hybridized carbons (Fsp3) is 0.810. The van der Waals surface area contributed by atoms with Crippen molar-refractivity contribution in [2.75, 3.05) is 13.2 Å². The third-order valence-electron chi connectivity index (χ3n) is 5.70. The van der Waals surface area contributed by atoms with Gasteiger partial charge in [0, 0.05) is 19.9 Å². The van der Waals surface area contributed by atoms with Crippen LogP contribution in [-0.4, -0.2) is 111 Å². The highest BCUT2D eigenvalue weighted by Gasteiger charge is 2.46. The number of nitrogens with one attached hydrogen (secondary N) is 1. The van der Waals surface area contributed by atoms with E-state index in [-0.39, 0.29) is 25.3 Å². The van der Waals surface area contributed by atoms with Gasteiger partial charge in [0.25, 0.3) is 0 Å². The van der Waals surface area contributed by atoms with Gasteiger partial charge in [-0.05, 0) is 19.3 Å². The molecule has 14 nitrogen and oxygen atoms in total. The van der Waals surface area contributed by atoms with Gasteiger partial charge in [-0.3, -0.25) is 14.4 Å². The summed E-state index contributed by atoms with van der Waals surface area (Å²) in [6.45, 7) is 5.08. The summed E-state index contributed by atoms with van der Waals surface area (Å²) in [5.41, 5.74) is 11.1. The average molecular weight is 507 g/mol. The SMILES string of the molecule is CC(=O)N[C@@H]1[C@@H](OC(C)CN(C(=O)[C@@H](N)C(C)C)[C@H](CCC(N)=O)C(=O)O)[C@H](O)[C@@H](CO)O[C@@H]1O. The van der Waals surface area contributed by atoms with E-state index in [1.165, 1.54) is 13.8 Å². The number of hydrogen-bond donors (Lipinski definition) is 7. The molecule has 1 saturated heterocycles. The summed E-state index contributed by atoms with van der Waals surface area (Å²) in [5, 5.41) is 42.5. The van der Waals surface area contributed by atoms with Crippen LogP contribution in [0.5, 0.6) is 0 Å². The number of amides is 3. The van der Waals surface area contributed by atoms with Crippen LogP contribution in [0.3, 0.4) is 0 Å². The lowest BCUT2D eigenvalue weighted by Gasteiger charge is -2.44. The van der Waals surface area contributed by atoms with Crippen molar-refractivity contribution in [2.45, 2.75) is 89.4 Å². The number of carbonyl (C=O) groups excluding carboxylic acids is 3. The summed E-state index contributed by atoms with van der Waals surface area (Å²) >= 11 is 0. The highest BCUT2D eigenvalue weighted by molar-refractivity contribution is 5.87. The first-order chi connectivity index (χ1) is 16.2. The summed E-state index contributed by atoms with van der Waals surface area (Å²) in [6, 6.07) is -3.70. The first-order valence-corrected chi connectivity index (χ1v) is 11.3. The summed E-state index contributed by atoms with van der Waals surface area (Å²) < 4.78 is 11.0. The highest BCUT2D eigenvalue weighted by Crippen LogP contribution is 2.24. The predicted octanol–water partition coefficient (Wildman–Crippen LogP) is -3.13. The monoisotopic (exact) mass is 506 g/mol. The van der Waals surface area contributed by atoms with Gasteiger partial charge in [-0.15, -0.1) is 0 Å². The number of nitrogens with zero attached hydrogens (tertiary/aromatic N) is 1. The highest BCUT2D eigenvalue weighted by atomic mass is 16.6. The van der Waals surface area contributed by atoms with Crippen molar-refractivity contribution in [1.82, 2.24) is 10.2 Å². The summed E-state index contributed by atoms with van der Waals surface area (Å²) in [6.07, 6.45) is -7.09. The minimum Gasteiger partial charge on any atom is -0.480 e. The van der Waals surface area contributed by atoms with Crippen LogP contribution in [-0.2, 0) is 28.7 Å². The molecule has 3 amide bonds. The molecule has 0 aromatic carbocycles. The molecule has 0 saturated carbocycles. The Labute approximate surface area is 203 Å². The Morgan fingerprint density at radius 2 is 1.77 bits per heavy atom. The van der Waals surface area contributed by atoms with Crippen molar-refractivity contribution >= 4 is 23.7 Å². The molecule has 0 aromatic heterocycles. The topological polar surface area (TPSA) is 235 Å². The molecule has 1 unspecified atom stereocenters. The molecule has 8 atom stereocenters. The van der Waals surface area contributed by atoms with Crippen molar-refractivity contribution in [3.63, 3.8) is 0 Å². The van der Waals surface area contributed by atoms with E-state index in [2.05, 4.69) is 5.32 Å². The van der Waals surface area contributed by atoms with E-state index in [0.717, 1.165) is 4.90 Å². The number of aliphatic carboxylic acids is 1. The third-order valence-corrected chi connectivity index (χ3v) is 5.70. The molecule has 1 fully saturated rings. The van der Waals surface area contributed by atoms with Crippen LogP contribution in [0.25, 0.3) is 0 Å². The minimum absolute atomic E-state index is 0.256. The maximum Gasteiger partial charge on any atom is 0.326 e. The van der Waals surface area contributed by atoms with E-state index in [9.17, 15) is 39.6 Å². The fourth-order valence-corrected chi connectivity index (χ4v) is 3.76. The zero-order valence-corrected chi connectivity index (χ0v) is 20.4. The number of hydrogen-bond acceptors (Lipinski definition) is 10. The van der Waals surface area contributed by atoms with Crippen molar-refractivity contribution in [3.05, 3.63) is 0 Å². The second kappa shape index (κ2) is 13.7. The molecule has 202 valence electrons. The van der Waals surface area contributed by atoms with E-state index < -0.39 is 79.1 Å². The molecule has 0 spiro atoms. The van der Waals surface area contributed by atoms with Crippen molar-refractivity contribution in [1.29, 1.82) is 0 Å². The van der Waals surface area contributed by atoms with E-state index in [4.69, 9.17) is 20.9 Å². The second-order valence-electron chi connectivity index (χ2n) is 9.00. The standard InChI is InChI=1S/C21H38N4O10/c1-9(2)15(23)19(30)25(12(20(31)32)5-6-14(22)28)7-10(3)34-18-16(24-11(4)27)21(33)35-13(8-26)17(18)29/h9-10,12-13,15-18,21,26,29,33H,5-8,23H2,1-4H3,(H2,22,28)(H,24,27)(H,31,32)/t10?,12-,13-,15+,16-,17-,18-,21+/m1/s1. The molecule has 1 heterocycles. The number of primary amides is 1. The number of rotatable bonds is 13. The molecule has 0 radical (unpaired) electrons. The lowest BCUT2D eigenvalue weighted by molar-refractivity contribution is -0.268. The molecule has 1 aliphatic heterocycles. The van der Waals surface area contributed by atoms with Gasteiger partial charge in [-0.1, -0.05) is 13.8 Å². The van der Waals surface area contributed by atoms with Gasteiger partial charge in [0.1, 0.15) is 30.4 Å². The zero-order chi connectivity index (χ0) is 27.0. The Hall–Kier alpha value is -2.36. The summed E-state index contributed by atoms with van der Waals surface area (Å²) in [7, 11) is 0. The largest absolute Gasteiger partial charge is 0.480 e. The molecule has 0 aliphatic carbocycles. The number of carboxylic acids is 1. The van der Waals surface area contributed by atoms with Crippen LogP contribution >= 0.6 is 0 Å². The average Bonchev–Trinajstić information content (AvgIpc) is 2.75. The van der Waals surface area contributed by atoms with Crippen LogP contribution in [0.4, 0.5) is 0 Å². The summed E-state index contributed by atoms with van der Waals surface area (Å²) in [4.78, 5) is 48.9. The Balaban J connectivity index is 3.22. The molecular weight excluding hydrogens is 468 g/mol. The van der Waals surface area contributed by atoms with E-state index >= 15 is 0 Å². The fourth-order valence-electron chi connectivity index (χ4n) is 3.76. The molecule has 0 aromatic rings. The van der Waals surface area contributed by atoms with E-state index in [1.807, 2.05) is 0 Å². The first-order valence-electron chi connectivity index (χ1n) is 11.3. The molecule has 35 heavy (non-hydrogen) atoms. The number of aliphatic hydroxyl groups excluding tert-OH is 3. The van der Waals surface area contributed by atoms with Gasteiger partial charge in [-0.2, -0.15) is 0 Å². The van der Waals surface area contributed by atoms with Gasteiger partial charge < -0.3 is 51.6 Å². The molecule has 9 N–H and O–H groups in total. The van der Waals surface area contributed by atoms with Crippen molar-refractivity contribution in [3.8, 4) is 0 Å². The van der Waals surface area contributed by atoms with E-state index in [0.29, 0.717) is 0 Å². The number of aliphatic hydroxyl groups is 3. The number of nitrogens with two attached hydrogens (primary N) is 2.